The van der Waals surface area contributed by atoms with Crippen molar-refractivity contribution < 1.29 is 0 Å². The molecule has 18 heavy (non-hydrogen) atoms. The molecule has 4 nitrogen and oxygen atoms in total. The number of aromatic nitrogens is 2. The predicted octanol–water partition coefficient (Wildman–Crippen LogP) is 2.71. The average Bonchev–Trinajstić information content (AvgIpc) is 2.37. The van der Waals surface area contributed by atoms with Crippen LogP contribution in [0.5, 0.6) is 0 Å². The summed E-state index contributed by atoms with van der Waals surface area (Å²) in [5.74, 6) is 0.739. The van der Waals surface area contributed by atoms with Gasteiger partial charge in [0.2, 0.25) is 0 Å². The molecule has 1 aliphatic carbocycles. The summed E-state index contributed by atoms with van der Waals surface area (Å²) in [5, 5.41) is 21.5. The van der Waals surface area contributed by atoms with Gasteiger partial charge in [0.25, 0.3) is 0 Å². The third kappa shape index (κ3) is 1.88. The zero-order valence-corrected chi connectivity index (χ0v) is 10.1. The van der Waals surface area contributed by atoms with E-state index in [1.165, 1.54) is 19.3 Å². The normalized spacial score (nSPS) is 15.1. The molecule has 0 saturated heterocycles. The van der Waals surface area contributed by atoms with Crippen molar-refractivity contribution in [2.24, 2.45) is 5.92 Å². The zero-order valence-electron chi connectivity index (χ0n) is 10.1. The van der Waals surface area contributed by atoms with Gasteiger partial charge in [-0.1, -0.05) is 24.6 Å². The van der Waals surface area contributed by atoms with Crippen molar-refractivity contribution in [1.82, 2.24) is 10.2 Å². The molecule has 1 heterocycles. The lowest BCUT2D eigenvalue weighted by Crippen LogP contribution is -2.21. The summed E-state index contributed by atoms with van der Waals surface area (Å²) >= 11 is 0. The first-order valence-electron chi connectivity index (χ1n) is 6.28. The lowest BCUT2D eigenvalue weighted by Gasteiger charge is -2.26. The van der Waals surface area contributed by atoms with Crippen molar-refractivity contribution in [1.29, 1.82) is 5.26 Å². The molecule has 0 bridgehead atoms. The minimum Gasteiger partial charge on any atom is -0.382 e. The molecule has 3 rings (SSSR count). The van der Waals surface area contributed by atoms with Crippen molar-refractivity contribution in [3.63, 3.8) is 0 Å². The van der Waals surface area contributed by atoms with E-state index in [1.807, 2.05) is 24.3 Å². The number of nitriles is 1. The Morgan fingerprint density at radius 2 is 2.11 bits per heavy atom. The molecule has 0 atom stereocenters. The molecule has 1 aromatic heterocycles. The summed E-state index contributed by atoms with van der Waals surface area (Å²) < 4.78 is 0. The number of nitrogens with one attached hydrogen (secondary N) is 1. The second-order valence-electron chi connectivity index (χ2n) is 4.73. The SMILES string of the molecule is N#Cc1nnc2ccccc2c1NCC1CCC1. The summed E-state index contributed by atoms with van der Waals surface area (Å²) in [5.41, 5.74) is 2.04. The first kappa shape index (κ1) is 11.0. The highest BCUT2D eigenvalue weighted by atomic mass is 15.1. The Hall–Kier alpha value is -2.15. The largest absolute Gasteiger partial charge is 0.382 e. The highest BCUT2D eigenvalue weighted by Crippen LogP contribution is 2.29. The average molecular weight is 238 g/mol. The van der Waals surface area contributed by atoms with E-state index in [1.54, 1.807) is 0 Å². The highest BCUT2D eigenvalue weighted by Gasteiger charge is 2.18. The van der Waals surface area contributed by atoms with Crippen LogP contribution >= 0.6 is 0 Å². The molecule has 0 amide bonds. The number of hydrogen-bond acceptors (Lipinski definition) is 4. The Kier molecular flexibility index (Phi) is 2.81. The van der Waals surface area contributed by atoms with Crippen LogP contribution in [0.15, 0.2) is 24.3 Å². The summed E-state index contributed by atoms with van der Waals surface area (Å²) in [6.45, 7) is 0.921. The van der Waals surface area contributed by atoms with Gasteiger partial charge in [-0.25, -0.2) is 0 Å². The first-order valence-corrected chi connectivity index (χ1v) is 6.28. The Balaban J connectivity index is 1.97. The van der Waals surface area contributed by atoms with E-state index in [4.69, 9.17) is 5.26 Å². The predicted molar refractivity (Wildman–Crippen MR) is 70.1 cm³/mol. The smallest absolute Gasteiger partial charge is 0.186 e. The summed E-state index contributed by atoms with van der Waals surface area (Å²) in [6.07, 6.45) is 3.89. The molecule has 90 valence electrons. The third-order valence-corrected chi connectivity index (χ3v) is 3.57. The van der Waals surface area contributed by atoms with Gasteiger partial charge >= 0.3 is 0 Å². The minimum atomic E-state index is 0.382. The second-order valence-corrected chi connectivity index (χ2v) is 4.73. The maximum absolute atomic E-state index is 9.12. The number of anilines is 1. The van der Waals surface area contributed by atoms with Gasteiger partial charge in [-0.05, 0) is 24.8 Å². The fraction of sp³-hybridized carbons (Fsp3) is 0.357. The molecule has 0 unspecified atom stereocenters. The molecule has 4 heteroatoms. The lowest BCUT2D eigenvalue weighted by atomic mass is 9.85. The molecule has 1 aliphatic rings. The summed E-state index contributed by atoms with van der Waals surface area (Å²) in [4.78, 5) is 0. The molecule has 1 saturated carbocycles. The quantitative estimate of drug-likeness (QED) is 0.893. The highest BCUT2D eigenvalue weighted by molar-refractivity contribution is 5.92. The van der Waals surface area contributed by atoms with Gasteiger partial charge in [-0.2, -0.15) is 5.26 Å². The lowest BCUT2D eigenvalue weighted by molar-refractivity contribution is 0.333. The first-order chi connectivity index (χ1) is 8.88. The van der Waals surface area contributed by atoms with Gasteiger partial charge in [-0.3, -0.25) is 0 Å². The molecule has 2 aromatic rings. The van der Waals surface area contributed by atoms with Crippen molar-refractivity contribution in [2.45, 2.75) is 19.3 Å². The number of rotatable bonds is 3. The minimum absolute atomic E-state index is 0.382. The van der Waals surface area contributed by atoms with Crippen LogP contribution < -0.4 is 5.32 Å². The van der Waals surface area contributed by atoms with Gasteiger partial charge in [0.15, 0.2) is 5.69 Å². The van der Waals surface area contributed by atoms with Crippen molar-refractivity contribution in [3.8, 4) is 6.07 Å². The van der Waals surface area contributed by atoms with Crippen LogP contribution in [-0.2, 0) is 0 Å². The Labute approximate surface area is 106 Å². The van der Waals surface area contributed by atoms with Crippen LogP contribution in [0.1, 0.15) is 25.0 Å². The van der Waals surface area contributed by atoms with E-state index in [-0.39, 0.29) is 0 Å². The molecule has 1 N–H and O–H groups in total. The molecular weight excluding hydrogens is 224 g/mol. The number of benzene rings is 1. The van der Waals surface area contributed by atoms with E-state index >= 15 is 0 Å². The molecule has 0 radical (unpaired) electrons. The van der Waals surface area contributed by atoms with E-state index < -0.39 is 0 Å². The number of fused-ring (bicyclic) bond motifs is 1. The van der Waals surface area contributed by atoms with Crippen molar-refractivity contribution in [3.05, 3.63) is 30.0 Å². The molecular formula is C14H14N4. The number of hydrogen-bond donors (Lipinski definition) is 1. The third-order valence-electron chi connectivity index (χ3n) is 3.57. The Bertz CT molecular complexity index is 611. The van der Waals surface area contributed by atoms with Crippen LogP contribution in [-0.4, -0.2) is 16.7 Å². The van der Waals surface area contributed by atoms with Crippen LogP contribution in [0.25, 0.3) is 10.9 Å². The van der Waals surface area contributed by atoms with Crippen LogP contribution in [0.4, 0.5) is 5.69 Å². The standard InChI is InChI=1S/C14H14N4/c15-8-13-14(16-9-10-4-3-5-10)11-6-1-2-7-12(11)17-18-13/h1-2,6-7,10H,3-5,9H2,(H,16,17). The van der Waals surface area contributed by atoms with Gasteiger partial charge < -0.3 is 5.32 Å². The van der Waals surface area contributed by atoms with E-state index in [0.29, 0.717) is 5.69 Å². The molecule has 0 aliphatic heterocycles. The Morgan fingerprint density at radius 3 is 2.83 bits per heavy atom. The van der Waals surface area contributed by atoms with E-state index in [9.17, 15) is 0 Å². The summed E-state index contributed by atoms with van der Waals surface area (Å²) in [6, 6.07) is 9.89. The fourth-order valence-corrected chi connectivity index (χ4v) is 2.25. The molecule has 1 aromatic carbocycles. The van der Waals surface area contributed by atoms with Gasteiger partial charge in [0.1, 0.15) is 6.07 Å². The van der Waals surface area contributed by atoms with E-state index in [2.05, 4.69) is 21.6 Å². The summed E-state index contributed by atoms with van der Waals surface area (Å²) in [7, 11) is 0. The Morgan fingerprint density at radius 1 is 1.28 bits per heavy atom. The van der Waals surface area contributed by atoms with Crippen molar-refractivity contribution >= 4 is 16.6 Å². The maximum Gasteiger partial charge on any atom is 0.186 e. The topological polar surface area (TPSA) is 61.6 Å². The fourth-order valence-electron chi connectivity index (χ4n) is 2.25. The zero-order chi connectivity index (χ0) is 12.4. The number of nitrogens with zero attached hydrogens (tertiary/aromatic N) is 3. The van der Waals surface area contributed by atoms with Crippen LogP contribution in [0.3, 0.4) is 0 Å². The van der Waals surface area contributed by atoms with Crippen LogP contribution in [0.2, 0.25) is 0 Å². The maximum atomic E-state index is 9.12. The second kappa shape index (κ2) is 4.61. The van der Waals surface area contributed by atoms with E-state index in [0.717, 1.165) is 29.1 Å². The monoisotopic (exact) mass is 238 g/mol. The van der Waals surface area contributed by atoms with Crippen LogP contribution in [0, 0.1) is 17.2 Å². The molecule has 1 fully saturated rings. The molecule has 0 spiro atoms. The van der Waals surface area contributed by atoms with Gasteiger partial charge in [-0.15, -0.1) is 10.2 Å². The van der Waals surface area contributed by atoms with Crippen molar-refractivity contribution in [2.75, 3.05) is 11.9 Å². The van der Waals surface area contributed by atoms with Gasteiger partial charge in [0, 0.05) is 11.9 Å². The van der Waals surface area contributed by atoms with Gasteiger partial charge in [0.05, 0.1) is 11.2 Å².